The summed E-state index contributed by atoms with van der Waals surface area (Å²) in [5, 5.41) is 3.88. The molecule has 0 spiro atoms. The Labute approximate surface area is 155 Å². The highest BCUT2D eigenvalue weighted by Crippen LogP contribution is 2.24. The third-order valence-electron chi connectivity index (χ3n) is 4.16. The number of nitrogens with one attached hydrogen (secondary N) is 1. The van der Waals surface area contributed by atoms with Gasteiger partial charge < -0.3 is 5.32 Å². The molecule has 0 aliphatic rings. The van der Waals surface area contributed by atoms with Gasteiger partial charge in [-0.2, -0.15) is 0 Å². The molecule has 4 aromatic rings. The highest BCUT2D eigenvalue weighted by Gasteiger charge is 2.14. The van der Waals surface area contributed by atoms with Crippen LogP contribution in [0.3, 0.4) is 0 Å². The Morgan fingerprint density at radius 2 is 1.88 bits per heavy atom. The van der Waals surface area contributed by atoms with Gasteiger partial charge in [0.05, 0.1) is 23.3 Å². The van der Waals surface area contributed by atoms with Gasteiger partial charge in [0.25, 0.3) is 5.91 Å². The van der Waals surface area contributed by atoms with Crippen LogP contribution in [0.1, 0.15) is 20.1 Å². The highest BCUT2D eigenvalue weighted by atomic mass is 32.1. The fraction of sp³-hybridized carbons (Fsp3) is 0.0952. The molecule has 1 amide bonds. The standard InChI is InChI=1S/C21H17N3OS/c1-14-6-7-16(26-14)13-23-21(25)18-12-20(15-8-10-22-11-9-15)24-19-5-3-2-4-17(18)19/h2-12H,13H2,1H3,(H,23,25). The summed E-state index contributed by atoms with van der Waals surface area (Å²) in [5.74, 6) is -0.0926. The number of amides is 1. The molecule has 0 aliphatic carbocycles. The predicted molar refractivity (Wildman–Crippen MR) is 105 cm³/mol. The molecule has 3 heterocycles. The largest absolute Gasteiger partial charge is 0.347 e. The van der Waals surface area contributed by atoms with Gasteiger partial charge in [-0.15, -0.1) is 11.3 Å². The van der Waals surface area contributed by atoms with Gasteiger partial charge >= 0.3 is 0 Å². The summed E-state index contributed by atoms with van der Waals surface area (Å²) < 4.78 is 0. The van der Waals surface area contributed by atoms with Crippen molar-refractivity contribution in [3.63, 3.8) is 0 Å². The van der Waals surface area contributed by atoms with Crippen molar-refractivity contribution in [2.24, 2.45) is 0 Å². The smallest absolute Gasteiger partial charge is 0.252 e. The Morgan fingerprint density at radius 1 is 1.08 bits per heavy atom. The molecular formula is C21H17N3OS. The minimum absolute atomic E-state index is 0.0926. The van der Waals surface area contributed by atoms with Crippen molar-refractivity contribution in [3.8, 4) is 11.3 Å². The zero-order chi connectivity index (χ0) is 17.9. The molecule has 0 saturated heterocycles. The van der Waals surface area contributed by atoms with Crippen LogP contribution in [-0.2, 0) is 6.54 Å². The molecule has 26 heavy (non-hydrogen) atoms. The SMILES string of the molecule is Cc1ccc(CNC(=O)c2cc(-c3ccncc3)nc3ccccc23)s1. The first-order chi connectivity index (χ1) is 12.7. The highest BCUT2D eigenvalue weighted by molar-refractivity contribution is 7.11. The Hall–Kier alpha value is -3.05. The molecule has 4 nitrogen and oxygen atoms in total. The molecule has 1 aromatic carbocycles. The van der Waals surface area contributed by atoms with Crippen molar-refractivity contribution in [3.05, 3.63) is 82.3 Å². The van der Waals surface area contributed by atoms with E-state index < -0.39 is 0 Å². The van der Waals surface area contributed by atoms with E-state index in [2.05, 4.69) is 23.3 Å². The molecule has 5 heteroatoms. The lowest BCUT2D eigenvalue weighted by molar-refractivity contribution is 0.0953. The molecule has 4 rings (SSSR count). The number of benzene rings is 1. The molecule has 0 atom stereocenters. The van der Waals surface area contributed by atoms with E-state index in [4.69, 9.17) is 4.98 Å². The summed E-state index contributed by atoms with van der Waals surface area (Å²) in [6.07, 6.45) is 3.45. The number of aromatic nitrogens is 2. The zero-order valence-corrected chi connectivity index (χ0v) is 15.1. The number of carbonyl (C=O) groups excluding carboxylic acids is 1. The molecule has 0 saturated carbocycles. The van der Waals surface area contributed by atoms with Crippen LogP contribution in [0.2, 0.25) is 0 Å². The second-order valence-corrected chi connectivity index (χ2v) is 7.38. The van der Waals surface area contributed by atoms with E-state index in [1.54, 1.807) is 23.7 Å². The van der Waals surface area contributed by atoms with Crippen LogP contribution in [0, 0.1) is 6.92 Å². The van der Waals surface area contributed by atoms with E-state index >= 15 is 0 Å². The molecule has 1 N–H and O–H groups in total. The number of rotatable bonds is 4. The first-order valence-corrected chi connectivity index (χ1v) is 9.16. The van der Waals surface area contributed by atoms with Gasteiger partial charge in [0.1, 0.15) is 0 Å². The Bertz CT molecular complexity index is 1070. The van der Waals surface area contributed by atoms with Crippen molar-refractivity contribution in [1.82, 2.24) is 15.3 Å². The number of hydrogen-bond donors (Lipinski definition) is 1. The van der Waals surface area contributed by atoms with Gasteiger partial charge in [-0.3, -0.25) is 9.78 Å². The van der Waals surface area contributed by atoms with Crippen molar-refractivity contribution < 1.29 is 4.79 Å². The third-order valence-corrected chi connectivity index (χ3v) is 5.16. The number of pyridine rings is 2. The summed E-state index contributed by atoms with van der Waals surface area (Å²) in [4.78, 5) is 24.0. The lowest BCUT2D eigenvalue weighted by Crippen LogP contribution is -2.22. The monoisotopic (exact) mass is 359 g/mol. The number of nitrogens with zero attached hydrogens (tertiary/aromatic N) is 2. The topological polar surface area (TPSA) is 54.9 Å². The van der Waals surface area contributed by atoms with E-state index in [0.717, 1.165) is 27.0 Å². The molecule has 0 fully saturated rings. The normalized spacial score (nSPS) is 10.8. The van der Waals surface area contributed by atoms with Gasteiger partial charge in [0, 0.05) is 33.1 Å². The van der Waals surface area contributed by atoms with E-state index in [1.165, 1.54) is 4.88 Å². The maximum atomic E-state index is 12.9. The number of thiophene rings is 1. The number of carbonyl (C=O) groups is 1. The maximum Gasteiger partial charge on any atom is 0.252 e. The summed E-state index contributed by atoms with van der Waals surface area (Å²) >= 11 is 1.69. The van der Waals surface area contributed by atoms with Gasteiger partial charge in [-0.05, 0) is 43.3 Å². The number of para-hydroxylation sites is 1. The third kappa shape index (κ3) is 3.34. The van der Waals surface area contributed by atoms with E-state index in [1.807, 2.05) is 48.5 Å². The summed E-state index contributed by atoms with van der Waals surface area (Å²) in [7, 11) is 0. The minimum atomic E-state index is -0.0926. The summed E-state index contributed by atoms with van der Waals surface area (Å²) in [5.41, 5.74) is 3.14. The molecular weight excluding hydrogens is 342 g/mol. The van der Waals surface area contributed by atoms with Crippen LogP contribution in [0.15, 0.2) is 67.0 Å². The lowest BCUT2D eigenvalue weighted by Gasteiger charge is -2.10. The summed E-state index contributed by atoms with van der Waals surface area (Å²) in [6.45, 7) is 2.59. The first-order valence-electron chi connectivity index (χ1n) is 8.34. The van der Waals surface area contributed by atoms with E-state index in [9.17, 15) is 4.79 Å². The molecule has 128 valence electrons. The molecule has 0 aliphatic heterocycles. The van der Waals surface area contributed by atoms with Crippen LogP contribution in [0.25, 0.3) is 22.2 Å². The molecule has 3 aromatic heterocycles. The average Bonchev–Trinajstić information content (AvgIpc) is 3.11. The predicted octanol–water partition coefficient (Wildman–Crippen LogP) is 4.60. The van der Waals surface area contributed by atoms with Crippen LogP contribution >= 0.6 is 11.3 Å². The van der Waals surface area contributed by atoms with E-state index in [-0.39, 0.29) is 5.91 Å². The van der Waals surface area contributed by atoms with Crippen molar-refractivity contribution >= 4 is 28.1 Å². The molecule has 0 unspecified atom stereocenters. The molecule has 0 bridgehead atoms. The van der Waals surface area contributed by atoms with Crippen LogP contribution in [-0.4, -0.2) is 15.9 Å². The fourth-order valence-electron chi connectivity index (χ4n) is 2.88. The van der Waals surface area contributed by atoms with Crippen LogP contribution in [0.4, 0.5) is 0 Å². The van der Waals surface area contributed by atoms with E-state index in [0.29, 0.717) is 12.1 Å². The fourth-order valence-corrected chi connectivity index (χ4v) is 3.71. The van der Waals surface area contributed by atoms with Crippen molar-refractivity contribution in [2.75, 3.05) is 0 Å². The number of fused-ring (bicyclic) bond motifs is 1. The van der Waals surface area contributed by atoms with Gasteiger partial charge in [0.2, 0.25) is 0 Å². The Balaban J connectivity index is 1.71. The Kier molecular flexibility index (Phi) is 4.46. The number of hydrogen-bond acceptors (Lipinski definition) is 4. The average molecular weight is 359 g/mol. The van der Waals surface area contributed by atoms with Crippen molar-refractivity contribution in [1.29, 1.82) is 0 Å². The summed E-state index contributed by atoms with van der Waals surface area (Å²) in [6, 6.07) is 17.5. The van der Waals surface area contributed by atoms with Gasteiger partial charge in [-0.25, -0.2) is 4.98 Å². The number of aryl methyl sites for hydroxylation is 1. The van der Waals surface area contributed by atoms with Crippen molar-refractivity contribution in [2.45, 2.75) is 13.5 Å². The van der Waals surface area contributed by atoms with Gasteiger partial charge in [0.15, 0.2) is 0 Å². The quantitative estimate of drug-likeness (QED) is 0.579. The Morgan fingerprint density at radius 3 is 2.65 bits per heavy atom. The lowest BCUT2D eigenvalue weighted by atomic mass is 10.0. The molecule has 0 radical (unpaired) electrons. The maximum absolute atomic E-state index is 12.9. The van der Waals surface area contributed by atoms with Crippen LogP contribution < -0.4 is 5.32 Å². The zero-order valence-electron chi connectivity index (χ0n) is 14.3. The van der Waals surface area contributed by atoms with Crippen LogP contribution in [0.5, 0.6) is 0 Å². The first kappa shape index (κ1) is 16.4. The second kappa shape index (κ2) is 7.06. The van der Waals surface area contributed by atoms with Gasteiger partial charge in [-0.1, -0.05) is 18.2 Å². The minimum Gasteiger partial charge on any atom is -0.347 e. The second-order valence-electron chi connectivity index (χ2n) is 6.00.